The molecule has 0 aliphatic heterocycles. The first-order chi connectivity index (χ1) is 5.29. The molecule has 1 nitrogen and oxygen atoms in total. The molecule has 0 amide bonds. The monoisotopic (exact) mass is 150 g/mol. The number of carbonyl (C=O) groups excluding carboxylic acids is 1. The van der Waals surface area contributed by atoms with E-state index in [9.17, 15) is 4.79 Å². The number of hydrogen-bond acceptors (Lipinski definition) is 1. The molecule has 1 heteroatoms. The van der Waals surface area contributed by atoms with Crippen LogP contribution < -0.4 is 0 Å². The highest BCUT2D eigenvalue weighted by atomic mass is 16.1. The zero-order valence-corrected chi connectivity index (χ0v) is 6.92. The summed E-state index contributed by atoms with van der Waals surface area (Å²) < 4.78 is 0. The van der Waals surface area contributed by atoms with Gasteiger partial charge in [0.05, 0.1) is 0 Å². The Hall–Kier alpha value is -0.590. The van der Waals surface area contributed by atoms with E-state index in [-0.39, 0.29) is 0 Å². The van der Waals surface area contributed by atoms with Crippen LogP contribution in [0.2, 0.25) is 0 Å². The zero-order valence-electron chi connectivity index (χ0n) is 6.92. The molecule has 0 saturated heterocycles. The molecule has 0 unspecified atom stereocenters. The summed E-state index contributed by atoms with van der Waals surface area (Å²) in [5.74, 6) is 1.95. The van der Waals surface area contributed by atoms with Gasteiger partial charge in [-0.3, -0.25) is 4.79 Å². The Balaban J connectivity index is 2.19. The van der Waals surface area contributed by atoms with Crippen molar-refractivity contribution in [2.45, 2.75) is 26.2 Å². The molecule has 0 N–H and O–H groups in total. The Bertz CT molecular complexity index is 205. The van der Waals surface area contributed by atoms with E-state index in [0.29, 0.717) is 23.5 Å². The number of Topliss-reactive ketones (excluding diaryl/α,β-unsaturated/α-hetero) is 1. The fourth-order valence-electron chi connectivity index (χ4n) is 2.43. The van der Waals surface area contributed by atoms with E-state index >= 15 is 0 Å². The van der Waals surface area contributed by atoms with Gasteiger partial charge in [-0.1, -0.05) is 19.1 Å². The Kier molecular flexibility index (Phi) is 1.59. The van der Waals surface area contributed by atoms with E-state index in [2.05, 4.69) is 19.1 Å². The van der Waals surface area contributed by atoms with Crippen molar-refractivity contribution in [1.82, 2.24) is 0 Å². The number of ketones is 1. The second-order valence-electron chi connectivity index (χ2n) is 3.79. The number of rotatable bonds is 0. The van der Waals surface area contributed by atoms with Gasteiger partial charge in [-0.05, 0) is 24.7 Å². The number of fused-ring (bicyclic) bond motifs is 1. The van der Waals surface area contributed by atoms with Crippen molar-refractivity contribution in [3.63, 3.8) is 0 Å². The fraction of sp³-hybridized carbons (Fsp3) is 0.700. The molecule has 2 rings (SSSR count). The fourth-order valence-corrected chi connectivity index (χ4v) is 2.43. The average Bonchev–Trinajstić information content (AvgIpc) is 2.34. The highest BCUT2D eigenvalue weighted by molar-refractivity contribution is 5.83. The molecule has 0 aromatic heterocycles. The molecule has 11 heavy (non-hydrogen) atoms. The second kappa shape index (κ2) is 2.47. The summed E-state index contributed by atoms with van der Waals surface area (Å²) in [6.45, 7) is 2.16. The van der Waals surface area contributed by atoms with Gasteiger partial charge in [-0.15, -0.1) is 0 Å². The van der Waals surface area contributed by atoms with Crippen LogP contribution in [0.4, 0.5) is 0 Å². The van der Waals surface area contributed by atoms with Crippen LogP contribution in [-0.4, -0.2) is 5.78 Å². The predicted molar refractivity (Wildman–Crippen MR) is 44.1 cm³/mol. The van der Waals surface area contributed by atoms with Crippen LogP contribution in [0.3, 0.4) is 0 Å². The molecular weight excluding hydrogens is 136 g/mol. The van der Waals surface area contributed by atoms with Gasteiger partial charge in [0.25, 0.3) is 0 Å². The summed E-state index contributed by atoms with van der Waals surface area (Å²) in [5, 5.41) is 0. The van der Waals surface area contributed by atoms with Gasteiger partial charge in [-0.2, -0.15) is 0 Å². The first-order valence-corrected chi connectivity index (χ1v) is 4.50. The number of hydrogen-bond donors (Lipinski definition) is 0. The molecule has 1 saturated carbocycles. The van der Waals surface area contributed by atoms with Crippen molar-refractivity contribution in [2.24, 2.45) is 17.8 Å². The highest BCUT2D eigenvalue weighted by Gasteiger charge is 2.36. The van der Waals surface area contributed by atoms with E-state index < -0.39 is 0 Å². The molecule has 0 spiro atoms. The first-order valence-electron chi connectivity index (χ1n) is 4.50. The summed E-state index contributed by atoms with van der Waals surface area (Å²) in [6, 6.07) is 0. The van der Waals surface area contributed by atoms with Crippen LogP contribution in [0.1, 0.15) is 26.2 Å². The normalized spacial score (nSPS) is 42.6. The van der Waals surface area contributed by atoms with Crippen LogP contribution >= 0.6 is 0 Å². The largest absolute Gasteiger partial charge is 0.299 e. The minimum absolute atomic E-state index is 0.351. The van der Waals surface area contributed by atoms with Gasteiger partial charge in [0.15, 0.2) is 0 Å². The number of carbonyl (C=O) groups is 1. The van der Waals surface area contributed by atoms with Crippen LogP contribution in [0, 0.1) is 17.8 Å². The average molecular weight is 150 g/mol. The minimum atomic E-state index is 0.351. The van der Waals surface area contributed by atoms with Gasteiger partial charge in [0.2, 0.25) is 0 Å². The standard InChI is InChI=1S/C10H14O/c1-7-5-6-8-3-2-4-9(11)10(7)8/h5-8,10H,2-4H2,1H3/t7-,8-,10+/m1/s1. The lowest BCUT2D eigenvalue weighted by molar-refractivity contribution is -0.126. The Labute approximate surface area is 67.5 Å². The van der Waals surface area contributed by atoms with E-state index in [1.807, 2.05) is 0 Å². The van der Waals surface area contributed by atoms with Crippen LogP contribution in [0.25, 0.3) is 0 Å². The third-order valence-electron chi connectivity index (χ3n) is 3.02. The summed E-state index contributed by atoms with van der Waals surface area (Å²) in [4.78, 5) is 11.4. The molecule has 0 aromatic carbocycles. The van der Waals surface area contributed by atoms with Gasteiger partial charge >= 0.3 is 0 Å². The van der Waals surface area contributed by atoms with Gasteiger partial charge in [0.1, 0.15) is 5.78 Å². The maximum Gasteiger partial charge on any atom is 0.137 e. The van der Waals surface area contributed by atoms with Gasteiger partial charge in [-0.25, -0.2) is 0 Å². The first kappa shape index (κ1) is 7.08. The number of allylic oxidation sites excluding steroid dienone is 2. The Morgan fingerprint density at radius 1 is 1.45 bits per heavy atom. The molecule has 2 aliphatic carbocycles. The van der Waals surface area contributed by atoms with Crippen molar-refractivity contribution in [1.29, 1.82) is 0 Å². The van der Waals surface area contributed by atoms with Gasteiger partial charge in [0, 0.05) is 12.3 Å². The molecule has 0 aromatic rings. The van der Waals surface area contributed by atoms with E-state index in [1.54, 1.807) is 0 Å². The molecule has 3 atom stereocenters. The van der Waals surface area contributed by atoms with Crippen molar-refractivity contribution >= 4 is 5.78 Å². The maximum atomic E-state index is 11.4. The molecular formula is C10H14O. The highest BCUT2D eigenvalue weighted by Crippen LogP contribution is 2.38. The lowest BCUT2D eigenvalue weighted by Gasteiger charge is -2.26. The SMILES string of the molecule is C[C@@H]1C=C[C@H]2CCCC(=O)[C@@H]12. The van der Waals surface area contributed by atoms with Gasteiger partial charge < -0.3 is 0 Å². The Morgan fingerprint density at radius 3 is 3.00 bits per heavy atom. The quantitative estimate of drug-likeness (QED) is 0.484. The molecule has 60 valence electrons. The third kappa shape index (κ3) is 1.03. The third-order valence-corrected chi connectivity index (χ3v) is 3.02. The molecule has 1 fully saturated rings. The maximum absolute atomic E-state index is 11.4. The van der Waals surface area contributed by atoms with E-state index in [0.717, 1.165) is 12.8 Å². The van der Waals surface area contributed by atoms with Crippen molar-refractivity contribution in [3.05, 3.63) is 12.2 Å². The van der Waals surface area contributed by atoms with Crippen LogP contribution in [0.15, 0.2) is 12.2 Å². The minimum Gasteiger partial charge on any atom is -0.299 e. The summed E-state index contributed by atoms with van der Waals surface area (Å²) in [7, 11) is 0. The van der Waals surface area contributed by atoms with Crippen molar-refractivity contribution in [2.75, 3.05) is 0 Å². The van der Waals surface area contributed by atoms with Crippen LogP contribution in [-0.2, 0) is 4.79 Å². The molecule has 0 bridgehead atoms. The van der Waals surface area contributed by atoms with Crippen molar-refractivity contribution < 1.29 is 4.79 Å². The smallest absolute Gasteiger partial charge is 0.137 e. The summed E-state index contributed by atoms with van der Waals surface area (Å²) in [5.41, 5.74) is 0. The lowest BCUT2D eigenvalue weighted by atomic mass is 9.77. The van der Waals surface area contributed by atoms with E-state index in [1.165, 1.54) is 6.42 Å². The Morgan fingerprint density at radius 2 is 2.27 bits per heavy atom. The second-order valence-corrected chi connectivity index (χ2v) is 3.79. The molecule has 0 radical (unpaired) electrons. The molecule has 0 heterocycles. The summed E-state index contributed by atoms with van der Waals surface area (Å²) >= 11 is 0. The van der Waals surface area contributed by atoms with Crippen molar-refractivity contribution in [3.8, 4) is 0 Å². The summed E-state index contributed by atoms with van der Waals surface area (Å²) in [6.07, 6.45) is 7.62. The topological polar surface area (TPSA) is 17.1 Å². The molecule has 2 aliphatic rings. The van der Waals surface area contributed by atoms with E-state index in [4.69, 9.17) is 0 Å². The predicted octanol–water partition coefficient (Wildman–Crippen LogP) is 2.18. The van der Waals surface area contributed by atoms with Crippen LogP contribution in [0.5, 0.6) is 0 Å². The lowest BCUT2D eigenvalue weighted by Crippen LogP contribution is -2.28. The zero-order chi connectivity index (χ0) is 7.84.